The lowest BCUT2D eigenvalue weighted by atomic mass is 10.3. The molecule has 0 unspecified atom stereocenters. The first-order chi connectivity index (χ1) is 5.92. The van der Waals surface area contributed by atoms with Gasteiger partial charge in [-0.2, -0.15) is 0 Å². The number of rotatable bonds is 2. The number of nitrogens with zero attached hydrogens (tertiary/aromatic N) is 2. The number of hydrogen-bond acceptors (Lipinski definition) is 2. The van der Waals surface area contributed by atoms with Gasteiger partial charge in [-0.25, -0.2) is 4.98 Å². The molecule has 66 valence electrons. The second-order valence-corrected chi connectivity index (χ2v) is 3.12. The summed E-state index contributed by atoms with van der Waals surface area (Å²) in [5.74, 6) is 1.34. The molecular weight excluding hydrogens is 176 g/mol. The molecule has 0 aromatic carbocycles. The molecule has 0 radical (unpaired) electrons. The molecule has 1 aliphatic heterocycles. The molecule has 1 saturated heterocycles. The maximum absolute atomic E-state index is 5.71. The zero-order chi connectivity index (χ0) is 8.39. The van der Waals surface area contributed by atoms with Crippen molar-refractivity contribution in [3.8, 4) is 0 Å². The normalized spacial score (nSPS) is 23.2. The second-order valence-electron chi connectivity index (χ2n) is 2.85. The Morgan fingerprint density at radius 3 is 3.33 bits per heavy atom. The van der Waals surface area contributed by atoms with E-state index in [0.717, 1.165) is 25.3 Å². The van der Waals surface area contributed by atoms with Crippen LogP contribution in [0.5, 0.6) is 0 Å². The van der Waals surface area contributed by atoms with Gasteiger partial charge in [-0.15, -0.1) is 11.6 Å². The van der Waals surface area contributed by atoms with Gasteiger partial charge >= 0.3 is 0 Å². The van der Waals surface area contributed by atoms with Crippen molar-refractivity contribution >= 4 is 11.6 Å². The molecular formula is C8H11ClN2O. The maximum Gasteiger partial charge on any atom is 0.135 e. The molecule has 0 spiro atoms. The molecule has 2 rings (SSSR count). The molecule has 0 aliphatic carbocycles. The third-order valence-corrected chi connectivity index (χ3v) is 2.32. The first-order valence-corrected chi connectivity index (χ1v) is 4.64. The van der Waals surface area contributed by atoms with Crippen molar-refractivity contribution in [2.75, 3.05) is 6.61 Å². The summed E-state index contributed by atoms with van der Waals surface area (Å²) < 4.78 is 7.52. The van der Waals surface area contributed by atoms with Crippen LogP contribution in [0.15, 0.2) is 12.4 Å². The molecule has 0 saturated carbocycles. The van der Waals surface area contributed by atoms with Crippen LogP contribution in [0.4, 0.5) is 0 Å². The first-order valence-electron chi connectivity index (χ1n) is 4.11. The predicted molar refractivity (Wildman–Crippen MR) is 46.0 cm³/mol. The minimum Gasteiger partial charge on any atom is -0.358 e. The number of imidazole rings is 1. The van der Waals surface area contributed by atoms with E-state index < -0.39 is 0 Å². The van der Waals surface area contributed by atoms with E-state index in [1.165, 1.54) is 0 Å². The first kappa shape index (κ1) is 8.08. The van der Waals surface area contributed by atoms with E-state index in [1.54, 1.807) is 6.20 Å². The Morgan fingerprint density at radius 2 is 2.67 bits per heavy atom. The molecule has 1 atom stereocenters. The van der Waals surface area contributed by atoms with E-state index in [4.69, 9.17) is 16.3 Å². The SMILES string of the molecule is ClCc1nccn1[C@@H]1CCCO1. The molecule has 1 aromatic heterocycles. The number of halogens is 1. The van der Waals surface area contributed by atoms with Gasteiger partial charge in [0.1, 0.15) is 12.1 Å². The van der Waals surface area contributed by atoms with Crippen LogP contribution in [0.2, 0.25) is 0 Å². The maximum atomic E-state index is 5.71. The Morgan fingerprint density at radius 1 is 1.75 bits per heavy atom. The third kappa shape index (κ3) is 1.34. The van der Waals surface area contributed by atoms with Gasteiger partial charge in [0.05, 0.1) is 5.88 Å². The monoisotopic (exact) mass is 186 g/mol. The van der Waals surface area contributed by atoms with Gasteiger partial charge in [0, 0.05) is 19.0 Å². The predicted octanol–water partition coefficient (Wildman–Crippen LogP) is 1.93. The summed E-state index contributed by atoms with van der Waals surface area (Å²) in [7, 11) is 0. The highest BCUT2D eigenvalue weighted by molar-refractivity contribution is 6.16. The van der Waals surface area contributed by atoms with Gasteiger partial charge in [0.2, 0.25) is 0 Å². The van der Waals surface area contributed by atoms with Crippen LogP contribution in [0.3, 0.4) is 0 Å². The minimum absolute atomic E-state index is 0.168. The van der Waals surface area contributed by atoms with Crippen molar-refractivity contribution in [2.24, 2.45) is 0 Å². The lowest BCUT2D eigenvalue weighted by molar-refractivity contribution is 0.0548. The molecule has 2 heterocycles. The Balaban J connectivity index is 2.19. The van der Waals surface area contributed by atoms with E-state index >= 15 is 0 Å². The number of alkyl halides is 1. The van der Waals surface area contributed by atoms with Crippen molar-refractivity contribution in [1.82, 2.24) is 9.55 Å². The van der Waals surface area contributed by atoms with Crippen molar-refractivity contribution in [2.45, 2.75) is 24.9 Å². The highest BCUT2D eigenvalue weighted by Crippen LogP contribution is 2.24. The molecule has 0 bridgehead atoms. The van der Waals surface area contributed by atoms with Crippen LogP contribution in [0, 0.1) is 0 Å². The molecule has 0 N–H and O–H groups in total. The van der Waals surface area contributed by atoms with Crippen LogP contribution in [0.25, 0.3) is 0 Å². The molecule has 4 heteroatoms. The van der Waals surface area contributed by atoms with Gasteiger partial charge in [-0.3, -0.25) is 0 Å². The van der Waals surface area contributed by atoms with Gasteiger partial charge < -0.3 is 9.30 Å². The molecule has 3 nitrogen and oxygen atoms in total. The Hall–Kier alpha value is -0.540. The average Bonchev–Trinajstić information content (AvgIpc) is 2.74. The fourth-order valence-electron chi connectivity index (χ4n) is 1.49. The summed E-state index contributed by atoms with van der Waals surface area (Å²) in [5.41, 5.74) is 0. The molecule has 1 fully saturated rings. The second kappa shape index (κ2) is 3.46. The smallest absolute Gasteiger partial charge is 0.135 e. The van der Waals surface area contributed by atoms with Crippen molar-refractivity contribution in [3.05, 3.63) is 18.2 Å². The van der Waals surface area contributed by atoms with Gasteiger partial charge in [0.25, 0.3) is 0 Å². The lowest BCUT2D eigenvalue weighted by Gasteiger charge is -2.12. The summed E-state index contributed by atoms with van der Waals surface area (Å²) in [5, 5.41) is 0. The Kier molecular flexibility index (Phi) is 2.33. The summed E-state index contributed by atoms with van der Waals surface area (Å²) >= 11 is 5.71. The molecule has 1 aliphatic rings. The van der Waals surface area contributed by atoms with E-state index in [9.17, 15) is 0 Å². The van der Waals surface area contributed by atoms with Crippen LogP contribution >= 0.6 is 11.6 Å². The van der Waals surface area contributed by atoms with Gasteiger partial charge in [-0.1, -0.05) is 0 Å². The van der Waals surface area contributed by atoms with E-state index in [-0.39, 0.29) is 6.23 Å². The van der Waals surface area contributed by atoms with E-state index in [2.05, 4.69) is 4.98 Å². The largest absolute Gasteiger partial charge is 0.358 e. The fraction of sp³-hybridized carbons (Fsp3) is 0.625. The third-order valence-electron chi connectivity index (χ3n) is 2.08. The van der Waals surface area contributed by atoms with Crippen molar-refractivity contribution < 1.29 is 4.74 Å². The number of ether oxygens (including phenoxy) is 1. The Labute approximate surface area is 76.3 Å². The molecule has 0 amide bonds. The van der Waals surface area contributed by atoms with Crippen LogP contribution in [-0.2, 0) is 10.6 Å². The van der Waals surface area contributed by atoms with Gasteiger partial charge in [0.15, 0.2) is 0 Å². The van der Waals surface area contributed by atoms with Crippen molar-refractivity contribution in [1.29, 1.82) is 0 Å². The van der Waals surface area contributed by atoms with Gasteiger partial charge in [-0.05, 0) is 12.8 Å². The standard InChI is InChI=1S/C8H11ClN2O/c9-6-7-10-3-4-11(7)8-2-1-5-12-8/h3-4,8H,1-2,5-6H2/t8-/m0/s1. The van der Waals surface area contributed by atoms with Crippen molar-refractivity contribution in [3.63, 3.8) is 0 Å². The van der Waals surface area contributed by atoms with E-state index in [1.807, 2.05) is 10.8 Å². The Bertz CT molecular complexity index is 255. The number of hydrogen-bond donors (Lipinski definition) is 0. The summed E-state index contributed by atoms with van der Waals surface area (Å²) in [6.07, 6.45) is 6.05. The summed E-state index contributed by atoms with van der Waals surface area (Å²) in [6, 6.07) is 0. The topological polar surface area (TPSA) is 27.1 Å². The summed E-state index contributed by atoms with van der Waals surface area (Å²) in [6.45, 7) is 0.852. The fourth-order valence-corrected chi connectivity index (χ4v) is 1.70. The zero-order valence-corrected chi connectivity index (χ0v) is 7.50. The van der Waals surface area contributed by atoms with E-state index in [0.29, 0.717) is 5.88 Å². The lowest BCUT2D eigenvalue weighted by Crippen LogP contribution is -2.08. The zero-order valence-electron chi connectivity index (χ0n) is 6.74. The summed E-state index contributed by atoms with van der Waals surface area (Å²) in [4.78, 5) is 4.13. The molecule has 1 aromatic rings. The van der Waals surface area contributed by atoms with Crippen LogP contribution in [0.1, 0.15) is 24.9 Å². The van der Waals surface area contributed by atoms with Crippen LogP contribution in [-0.4, -0.2) is 16.2 Å². The van der Waals surface area contributed by atoms with Crippen LogP contribution < -0.4 is 0 Å². The number of aromatic nitrogens is 2. The highest BCUT2D eigenvalue weighted by Gasteiger charge is 2.18. The minimum atomic E-state index is 0.168. The quantitative estimate of drug-likeness (QED) is 0.660. The average molecular weight is 187 g/mol. The molecule has 12 heavy (non-hydrogen) atoms. The highest BCUT2D eigenvalue weighted by atomic mass is 35.5.